The minimum Gasteiger partial charge on any atom is -0.303 e. The molecule has 1 aliphatic carbocycles. The number of hydrogen-bond donors (Lipinski definition) is 0. The van der Waals surface area contributed by atoms with E-state index in [0.717, 1.165) is 5.92 Å². The monoisotopic (exact) mass is 140 g/mol. The highest BCUT2D eigenvalue weighted by Crippen LogP contribution is 2.21. The van der Waals surface area contributed by atoms with Crippen molar-refractivity contribution in [3.05, 3.63) is 0 Å². The van der Waals surface area contributed by atoms with Gasteiger partial charge in [-0.2, -0.15) is 5.10 Å². The molecule has 0 spiro atoms. The molecule has 0 saturated heterocycles. The van der Waals surface area contributed by atoms with Crippen LogP contribution < -0.4 is 0 Å². The molecule has 1 fully saturated rings. The smallest absolute Gasteiger partial charge is 0.0408 e. The third-order valence-electron chi connectivity index (χ3n) is 1.97. The summed E-state index contributed by atoms with van der Waals surface area (Å²) in [7, 11) is 3.97. The van der Waals surface area contributed by atoms with Gasteiger partial charge in [-0.1, -0.05) is 6.92 Å². The van der Waals surface area contributed by atoms with Crippen molar-refractivity contribution in [2.75, 3.05) is 14.1 Å². The predicted octanol–water partition coefficient (Wildman–Crippen LogP) is 1.72. The van der Waals surface area contributed by atoms with Gasteiger partial charge in [-0.3, -0.25) is 0 Å². The predicted molar refractivity (Wildman–Crippen MR) is 44.1 cm³/mol. The van der Waals surface area contributed by atoms with Crippen molar-refractivity contribution in [3.8, 4) is 0 Å². The highest BCUT2D eigenvalue weighted by molar-refractivity contribution is 5.87. The Kier molecular flexibility index (Phi) is 2.30. The van der Waals surface area contributed by atoms with Gasteiger partial charge in [-0.25, -0.2) is 0 Å². The van der Waals surface area contributed by atoms with Crippen LogP contribution in [0.15, 0.2) is 5.10 Å². The molecule has 1 atom stereocenters. The average Bonchev–Trinajstić information content (AvgIpc) is 2.15. The highest BCUT2D eigenvalue weighted by atomic mass is 15.4. The molecular formula is C8H16N2. The molecule has 0 bridgehead atoms. The van der Waals surface area contributed by atoms with E-state index in [2.05, 4.69) is 12.0 Å². The summed E-state index contributed by atoms with van der Waals surface area (Å²) in [5.74, 6) is 0.724. The Labute approximate surface area is 62.9 Å². The highest BCUT2D eigenvalue weighted by Gasteiger charge is 2.17. The molecule has 2 nitrogen and oxygen atoms in total. The summed E-state index contributed by atoms with van der Waals surface area (Å²) in [5.41, 5.74) is 1.38. The fourth-order valence-corrected chi connectivity index (χ4v) is 1.41. The van der Waals surface area contributed by atoms with Crippen LogP contribution >= 0.6 is 0 Å². The van der Waals surface area contributed by atoms with Crippen molar-refractivity contribution < 1.29 is 0 Å². The zero-order valence-electron chi connectivity index (χ0n) is 7.09. The van der Waals surface area contributed by atoms with E-state index >= 15 is 0 Å². The van der Waals surface area contributed by atoms with Gasteiger partial charge in [0.05, 0.1) is 0 Å². The van der Waals surface area contributed by atoms with Crippen LogP contribution in [-0.2, 0) is 0 Å². The SMILES string of the molecule is CC1CCCC1=NN(C)C. The molecule has 2 heteroatoms. The third kappa shape index (κ3) is 1.72. The summed E-state index contributed by atoms with van der Waals surface area (Å²) in [5, 5.41) is 6.31. The maximum Gasteiger partial charge on any atom is 0.0408 e. The molecule has 0 amide bonds. The van der Waals surface area contributed by atoms with Gasteiger partial charge in [-0.05, 0) is 25.2 Å². The van der Waals surface area contributed by atoms with E-state index in [1.165, 1.54) is 25.0 Å². The zero-order chi connectivity index (χ0) is 7.56. The summed E-state index contributed by atoms with van der Waals surface area (Å²) in [6.07, 6.45) is 3.86. The molecular weight excluding hydrogens is 124 g/mol. The molecule has 0 aromatic rings. The lowest BCUT2D eigenvalue weighted by molar-refractivity contribution is 0.433. The van der Waals surface area contributed by atoms with Gasteiger partial charge in [0.1, 0.15) is 0 Å². The Morgan fingerprint density at radius 1 is 1.50 bits per heavy atom. The van der Waals surface area contributed by atoms with Crippen LogP contribution in [-0.4, -0.2) is 24.8 Å². The molecule has 1 aliphatic rings. The standard InChI is InChI=1S/C8H16N2/c1-7-5-4-6-8(7)9-10(2)3/h7H,4-6H2,1-3H3. The van der Waals surface area contributed by atoms with Crippen LogP contribution in [0.2, 0.25) is 0 Å². The summed E-state index contributed by atoms with van der Waals surface area (Å²) >= 11 is 0. The van der Waals surface area contributed by atoms with E-state index < -0.39 is 0 Å². The first kappa shape index (κ1) is 7.58. The maximum absolute atomic E-state index is 4.41. The van der Waals surface area contributed by atoms with Gasteiger partial charge < -0.3 is 5.01 Å². The molecule has 1 rings (SSSR count). The molecule has 10 heavy (non-hydrogen) atoms. The van der Waals surface area contributed by atoms with Crippen LogP contribution in [0.4, 0.5) is 0 Å². The lowest BCUT2D eigenvalue weighted by Gasteiger charge is -2.08. The van der Waals surface area contributed by atoms with Crippen molar-refractivity contribution in [2.24, 2.45) is 11.0 Å². The Bertz CT molecular complexity index is 138. The second-order valence-corrected chi connectivity index (χ2v) is 3.23. The molecule has 0 radical (unpaired) electrons. The van der Waals surface area contributed by atoms with E-state index in [1.807, 2.05) is 19.1 Å². The minimum atomic E-state index is 0.724. The third-order valence-corrected chi connectivity index (χ3v) is 1.97. The molecule has 0 heterocycles. The summed E-state index contributed by atoms with van der Waals surface area (Å²) < 4.78 is 0. The summed E-state index contributed by atoms with van der Waals surface area (Å²) in [6, 6.07) is 0. The lowest BCUT2D eigenvalue weighted by Crippen LogP contribution is -2.10. The number of hydrogen-bond acceptors (Lipinski definition) is 2. The Balaban J connectivity index is 2.54. The number of nitrogens with zero attached hydrogens (tertiary/aromatic N) is 2. The van der Waals surface area contributed by atoms with Gasteiger partial charge in [0.25, 0.3) is 0 Å². The first-order valence-corrected chi connectivity index (χ1v) is 3.95. The van der Waals surface area contributed by atoms with E-state index in [1.54, 1.807) is 0 Å². The van der Waals surface area contributed by atoms with Gasteiger partial charge in [0.15, 0.2) is 0 Å². The molecule has 0 aromatic carbocycles. The van der Waals surface area contributed by atoms with Crippen LogP contribution in [0, 0.1) is 5.92 Å². The Morgan fingerprint density at radius 3 is 2.60 bits per heavy atom. The minimum absolute atomic E-state index is 0.724. The first-order valence-electron chi connectivity index (χ1n) is 3.95. The van der Waals surface area contributed by atoms with E-state index in [9.17, 15) is 0 Å². The summed E-state index contributed by atoms with van der Waals surface area (Å²) in [6.45, 7) is 2.26. The molecule has 1 unspecified atom stereocenters. The first-order chi connectivity index (χ1) is 4.70. The van der Waals surface area contributed by atoms with Gasteiger partial charge >= 0.3 is 0 Å². The fourth-order valence-electron chi connectivity index (χ4n) is 1.41. The number of hydrazone groups is 1. The fraction of sp³-hybridized carbons (Fsp3) is 0.875. The van der Waals surface area contributed by atoms with E-state index in [0.29, 0.717) is 0 Å². The topological polar surface area (TPSA) is 15.6 Å². The van der Waals surface area contributed by atoms with E-state index in [4.69, 9.17) is 0 Å². The van der Waals surface area contributed by atoms with Crippen LogP contribution in [0.25, 0.3) is 0 Å². The van der Waals surface area contributed by atoms with Crippen LogP contribution in [0.5, 0.6) is 0 Å². The van der Waals surface area contributed by atoms with Crippen LogP contribution in [0.3, 0.4) is 0 Å². The number of rotatable bonds is 1. The van der Waals surface area contributed by atoms with Gasteiger partial charge in [0, 0.05) is 19.8 Å². The maximum atomic E-state index is 4.41. The molecule has 0 aliphatic heterocycles. The second kappa shape index (κ2) is 3.04. The lowest BCUT2D eigenvalue weighted by atomic mass is 10.1. The molecule has 58 valence electrons. The van der Waals surface area contributed by atoms with Crippen molar-refractivity contribution in [3.63, 3.8) is 0 Å². The average molecular weight is 140 g/mol. The van der Waals surface area contributed by atoms with Crippen molar-refractivity contribution in [2.45, 2.75) is 26.2 Å². The zero-order valence-corrected chi connectivity index (χ0v) is 7.09. The molecule has 0 aromatic heterocycles. The van der Waals surface area contributed by atoms with Gasteiger partial charge in [-0.15, -0.1) is 0 Å². The largest absolute Gasteiger partial charge is 0.303 e. The quantitative estimate of drug-likeness (QED) is 0.506. The normalized spacial score (nSPS) is 29.5. The van der Waals surface area contributed by atoms with Crippen molar-refractivity contribution >= 4 is 5.71 Å². The Hall–Kier alpha value is -0.530. The molecule has 1 saturated carbocycles. The summed E-state index contributed by atoms with van der Waals surface area (Å²) in [4.78, 5) is 0. The molecule has 0 N–H and O–H groups in total. The van der Waals surface area contributed by atoms with Gasteiger partial charge in [0.2, 0.25) is 0 Å². The Morgan fingerprint density at radius 2 is 2.20 bits per heavy atom. The van der Waals surface area contributed by atoms with Crippen molar-refractivity contribution in [1.29, 1.82) is 0 Å². The second-order valence-electron chi connectivity index (χ2n) is 3.23. The van der Waals surface area contributed by atoms with Crippen LogP contribution in [0.1, 0.15) is 26.2 Å². The van der Waals surface area contributed by atoms with E-state index in [-0.39, 0.29) is 0 Å². The van der Waals surface area contributed by atoms with Crippen molar-refractivity contribution in [1.82, 2.24) is 5.01 Å².